The van der Waals surface area contributed by atoms with E-state index in [1.54, 1.807) is 0 Å². The van der Waals surface area contributed by atoms with Crippen molar-refractivity contribution in [1.82, 2.24) is 9.80 Å². The fourth-order valence-electron chi connectivity index (χ4n) is 4.20. The standard InChI is InChI=1S/C22H26N2O3/c1-23-9-4-10-24(12-11-23)22-18-6-3-2-5-17(18)15-27-20-8-7-16(13-19(20)22)14-21(25)26/h2-3,5-8,13,22H,4,9-12,14-15H2,1H3,(H,25,26). The lowest BCUT2D eigenvalue weighted by Crippen LogP contribution is -2.33. The average molecular weight is 366 g/mol. The molecule has 5 nitrogen and oxygen atoms in total. The number of carboxylic acids is 1. The molecule has 1 unspecified atom stereocenters. The van der Waals surface area contributed by atoms with Crippen LogP contribution in [0.4, 0.5) is 0 Å². The Kier molecular flexibility index (Phi) is 5.14. The van der Waals surface area contributed by atoms with Gasteiger partial charge in [0, 0.05) is 25.2 Å². The van der Waals surface area contributed by atoms with E-state index in [1.807, 2.05) is 18.2 Å². The molecule has 27 heavy (non-hydrogen) atoms. The summed E-state index contributed by atoms with van der Waals surface area (Å²) in [6.45, 7) is 4.69. The van der Waals surface area contributed by atoms with Crippen LogP contribution in [0.5, 0.6) is 5.75 Å². The first-order valence-electron chi connectivity index (χ1n) is 9.59. The monoisotopic (exact) mass is 366 g/mol. The number of hydrogen-bond acceptors (Lipinski definition) is 4. The van der Waals surface area contributed by atoms with Gasteiger partial charge in [-0.25, -0.2) is 0 Å². The Labute approximate surface area is 160 Å². The molecule has 142 valence electrons. The highest BCUT2D eigenvalue weighted by molar-refractivity contribution is 5.70. The van der Waals surface area contributed by atoms with Crippen LogP contribution in [0.2, 0.25) is 0 Å². The maximum absolute atomic E-state index is 11.2. The molecular formula is C22H26N2O3. The molecule has 0 bridgehead atoms. The number of nitrogens with zero attached hydrogens (tertiary/aromatic N) is 2. The van der Waals surface area contributed by atoms with Gasteiger partial charge < -0.3 is 14.7 Å². The highest BCUT2D eigenvalue weighted by atomic mass is 16.5. The molecule has 4 rings (SSSR count). The van der Waals surface area contributed by atoms with E-state index >= 15 is 0 Å². The van der Waals surface area contributed by atoms with Gasteiger partial charge in [0.2, 0.25) is 0 Å². The first-order valence-corrected chi connectivity index (χ1v) is 9.59. The largest absolute Gasteiger partial charge is 0.489 e. The zero-order valence-corrected chi connectivity index (χ0v) is 15.7. The minimum atomic E-state index is -0.808. The molecule has 0 radical (unpaired) electrons. The summed E-state index contributed by atoms with van der Waals surface area (Å²) < 4.78 is 6.12. The quantitative estimate of drug-likeness (QED) is 0.905. The molecule has 2 aliphatic heterocycles. The van der Waals surface area contributed by atoms with Crippen molar-refractivity contribution in [2.45, 2.75) is 25.5 Å². The number of hydrogen-bond donors (Lipinski definition) is 1. The molecular weight excluding hydrogens is 340 g/mol. The normalized spacial score (nSPS) is 20.7. The van der Waals surface area contributed by atoms with Crippen LogP contribution in [0.25, 0.3) is 0 Å². The molecule has 1 N–H and O–H groups in total. The van der Waals surface area contributed by atoms with Crippen LogP contribution in [-0.2, 0) is 17.8 Å². The van der Waals surface area contributed by atoms with Gasteiger partial charge in [-0.2, -0.15) is 0 Å². The van der Waals surface area contributed by atoms with Crippen LogP contribution >= 0.6 is 0 Å². The van der Waals surface area contributed by atoms with E-state index < -0.39 is 5.97 Å². The lowest BCUT2D eigenvalue weighted by molar-refractivity contribution is -0.136. The second-order valence-corrected chi connectivity index (χ2v) is 7.53. The molecule has 5 heteroatoms. The summed E-state index contributed by atoms with van der Waals surface area (Å²) in [5.41, 5.74) is 4.38. The third-order valence-corrected chi connectivity index (χ3v) is 5.58. The highest BCUT2D eigenvalue weighted by Crippen LogP contribution is 2.40. The van der Waals surface area contributed by atoms with Gasteiger partial charge in [-0.05, 0) is 48.8 Å². The van der Waals surface area contributed by atoms with Crippen LogP contribution in [0.3, 0.4) is 0 Å². The Hall–Kier alpha value is -2.37. The highest BCUT2D eigenvalue weighted by Gasteiger charge is 2.30. The molecule has 0 saturated carbocycles. The van der Waals surface area contributed by atoms with Crippen molar-refractivity contribution in [2.24, 2.45) is 0 Å². The average Bonchev–Trinajstić information content (AvgIpc) is 2.95. The van der Waals surface area contributed by atoms with Crippen molar-refractivity contribution < 1.29 is 14.6 Å². The summed E-state index contributed by atoms with van der Waals surface area (Å²) >= 11 is 0. The first kappa shape index (κ1) is 18.0. The van der Waals surface area contributed by atoms with Crippen molar-refractivity contribution >= 4 is 5.97 Å². The number of fused-ring (bicyclic) bond motifs is 2. The summed E-state index contributed by atoms with van der Waals surface area (Å²) in [7, 11) is 2.17. The minimum Gasteiger partial charge on any atom is -0.489 e. The maximum atomic E-state index is 11.2. The molecule has 2 aromatic carbocycles. The summed E-state index contributed by atoms with van der Waals surface area (Å²) in [6, 6.07) is 14.4. The molecule has 0 spiro atoms. The molecule has 0 aliphatic carbocycles. The summed E-state index contributed by atoms with van der Waals surface area (Å²) in [5.74, 6) is 0.0563. The van der Waals surface area contributed by atoms with Crippen LogP contribution in [0.1, 0.15) is 34.7 Å². The van der Waals surface area contributed by atoms with Gasteiger partial charge in [0.15, 0.2) is 0 Å². The number of benzene rings is 2. The predicted molar refractivity (Wildman–Crippen MR) is 104 cm³/mol. The van der Waals surface area contributed by atoms with Gasteiger partial charge in [0.25, 0.3) is 0 Å². The van der Waals surface area contributed by atoms with Crippen molar-refractivity contribution in [1.29, 1.82) is 0 Å². The van der Waals surface area contributed by atoms with E-state index in [2.05, 4.69) is 41.1 Å². The van der Waals surface area contributed by atoms with Gasteiger partial charge in [-0.15, -0.1) is 0 Å². The summed E-state index contributed by atoms with van der Waals surface area (Å²) in [4.78, 5) is 16.1. The van der Waals surface area contributed by atoms with E-state index in [4.69, 9.17) is 4.74 Å². The molecule has 0 aromatic heterocycles. The number of rotatable bonds is 3. The van der Waals surface area contributed by atoms with E-state index in [-0.39, 0.29) is 12.5 Å². The molecule has 2 heterocycles. The zero-order valence-electron chi connectivity index (χ0n) is 15.7. The lowest BCUT2D eigenvalue weighted by Gasteiger charge is -2.32. The third-order valence-electron chi connectivity index (χ3n) is 5.58. The van der Waals surface area contributed by atoms with Crippen LogP contribution < -0.4 is 4.74 Å². The van der Waals surface area contributed by atoms with Gasteiger partial charge in [-0.1, -0.05) is 30.3 Å². The lowest BCUT2D eigenvalue weighted by atomic mass is 9.92. The number of likely N-dealkylation sites (N-methyl/N-ethyl adjacent to an activating group) is 1. The second-order valence-electron chi connectivity index (χ2n) is 7.53. The third kappa shape index (κ3) is 3.84. The predicted octanol–water partition coefficient (Wildman–Crippen LogP) is 2.93. The van der Waals surface area contributed by atoms with Crippen LogP contribution in [0, 0.1) is 0 Å². The second kappa shape index (κ2) is 7.71. The minimum absolute atomic E-state index is 0.0321. The Balaban J connectivity index is 1.80. The summed E-state index contributed by atoms with van der Waals surface area (Å²) in [5, 5.41) is 9.22. The SMILES string of the molecule is CN1CCCN(C2c3ccccc3COc3ccc(CC(=O)O)cc32)CC1. The topological polar surface area (TPSA) is 53.0 Å². The van der Waals surface area contributed by atoms with Crippen molar-refractivity contribution in [3.63, 3.8) is 0 Å². The Morgan fingerprint density at radius 1 is 1.11 bits per heavy atom. The van der Waals surface area contributed by atoms with Crippen molar-refractivity contribution in [3.8, 4) is 5.75 Å². The van der Waals surface area contributed by atoms with Crippen molar-refractivity contribution in [3.05, 3.63) is 64.7 Å². The maximum Gasteiger partial charge on any atom is 0.307 e. The Morgan fingerprint density at radius 2 is 1.96 bits per heavy atom. The molecule has 1 fully saturated rings. The van der Waals surface area contributed by atoms with E-state index in [9.17, 15) is 9.90 Å². The molecule has 2 aliphatic rings. The number of carboxylic acid groups (broad SMARTS) is 1. The van der Waals surface area contributed by atoms with Gasteiger partial charge >= 0.3 is 5.97 Å². The van der Waals surface area contributed by atoms with Gasteiger partial charge in [0.05, 0.1) is 12.5 Å². The van der Waals surface area contributed by atoms with Crippen LogP contribution in [-0.4, -0.2) is 54.1 Å². The van der Waals surface area contributed by atoms with Gasteiger partial charge in [-0.3, -0.25) is 9.69 Å². The van der Waals surface area contributed by atoms with E-state index in [0.29, 0.717) is 6.61 Å². The fraction of sp³-hybridized carbons (Fsp3) is 0.409. The van der Waals surface area contributed by atoms with Crippen LogP contribution in [0.15, 0.2) is 42.5 Å². The Bertz CT molecular complexity index is 836. The molecule has 2 aromatic rings. The van der Waals surface area contributed by atoms with E-state index in [0.717, 1.165) is 49.5 Å². The molecule has 0 amide bonds. The number of carbonyl (C=O) groups is 1. The summed E-state index contributed by atoms with van der Waals surface area (Å²) in [6.07, 6.45) is 1.16. The fourth-order valence-corrected chi connectivity index (χ4v) is 4.20. The van der Waals surface area contributed by atoms with Crippen molar-refractivity contribution in [2.75, 3.05) is 33.2 Å². The Morgan fingerprint density at radius 3 is 2.81 bits per heavy atom. The first-order chi connectivity index (χ1) is 13.1. The van der Waals surface area contributed by atoms with E-state index in [1.165, 1.54) is 11.1 Å². The number of ether oxygens (including phenoxy) is 1. The van der Waals surface area contributed by atoms with Gasteiger partial charge in [0.1, 0.15) is 12.4 Å². The zero-order chi connectivity index (χ0) is 18.8. The number of aliphatic carboxylic acids is 1. The molecule has 1 atom stereocenters. The molecule has 1 saturated heterocycles. The smallest absolute Gasteiger partial charge is 0.307 e.